The van der Waals surface area contributed by atoms with Gasteiger partial charge in [-0.25, -0.2) is 9.59 Å². The Morgan fingerprint density at radius 3 is 1.95 bits per heavy atom. The van der Waals surface area contributed by atoms with Gasteiger partial charge in [-0.3, -0.25) is 23.5 Å². The number of nitrogens with zero attached hydrogens (tertiary/aromatic N) is 2. The van der Waals surface area contributed by atoms with E-state index in [9.17, 15) is 39.3 Å². The summed E-state index contributed by atoms with van der Waals surface area (Å²) in [6, 6.07) is 14.2. The Morgan fingerprint density at radius 2 is 1.41 bits per heavy atom. The molecule has 1 aromatic heterocycles. The van der Waals surface area contributed by atoms with Gasteiger partial charge in [0.05, 0.1) is 19.8 Å². The first-order valence-corrected chi connectivity index (χ1v) is 28.0. The molecule has 8 atom stereocenters. The van der Waals surface area contributed by atoms with Crippen LogP contribution < -0.4 is 31.9 Å². The summed E-state index contributed by atoms with van der Waals surface area (Å²) >= 11 is 0. The molecule has 6 N–H and O–H groups in total. The van der Waals surface area contributed by atoms with Crippen molar-refractivity contribution in [2.75, 3.05) is 20.2 Å². The number of hydrogen-bond donors (Lipinski definition) is 6. The van der Waals surface area contributed by atoms with Gasteiger partial charge in [-0.15, -0.1) is 0 Å². The van der Waals surface area contributed by atoms with Crippen LogP contribution in [0.3, 0.4) is 0 Å². The second-order valence-electron chi connectivity index (χ2n) is 19.8. The number of methoxy groups -OCH3 is 1. The number of hydrogen-bond acceptors (Lipinski definition) is 13. The van der Waals surface area contributed by atoms with Crippen molar-refractivity contribution >= 4 is 34.6 Å². The Hall–Kier alpha value is -4.68. The average Bonchev–Trinajstić information content (AvgIpc) is 3.56. The highest BCUT2D eigenvalue weighted by atomic mass is 28.4. The normalized spacial score (nSPS) is 19.9. The summed E-state index contributed by atoms with van der Waals surface area (Å²) < 4.78 is 33.6. The highest BCUT2D eigenvalue weighted by molar-refractivity contribution is 6.74. The van der Waals surface area contributed by atoms with Crippen LogP contribution >= 0.6 is 0 Å². The molecular weight excluding hydrogens is 887 g/mol. The molecule has 0 aliphatic carbocycles. The van der Waals surface area contributed by atoms with Crippen LogP contribution in [0.15, 0.2) is 76.4 Å². The van der Waals surface area contributed by atoms with Crippen LogP contribution in [0, 0.1) is 0 Å². The van der Waals surface area contributed by atoms with E-state index in [1.54, 1.807) is 48.5 Å². The molecule has 2 heterocycles. The Balaban J connectivity index is 1.61. The summed E-state index contributed by atoms with van der Waals surface area (Å²) in [6.45, 7) is 21.6. The molecule has 0 bridgehead atoms. The van der Waals surface area contributed by atoms with Crippen molar-refractivity contribution in [3.63, 3.8) is 0 Å². The minimum Gasteiger partial charge on any atom is -0.497 e. The van der Waals surface area contributed by atoms with Crippen molar-refractivity contribution in [3.8, 4) is 5.75 Å². The number of carbonyl (C=O) groups is 3. The number of ether oxygens (including phenoxy) is 3. The second kappa shape index (κ2) is 22.4. The van der Waals surface area contributed by atoms with E-state index >= 15 is 0 Å². The summed E-state index contributed by atoms with van der Waals surface area (Å²) in [6.07, 6.45) is -7.19. The zero-order valence-electron chi connectivity index (χ0n) is 40.3. The number of nitrogens with one attached hydrogen (secondary N) is 3. The van der Waals surface area contributed by atoms with Gasteiger partial charge < -0.3 is 54.3 Å². The van der Waals surface area contributed by atoms with Crippen LogP contribution in [0.2, 0.25) is 36.3 Å². The van der Waals surface area contributed by atoms with E-state index in [1.807, 2.05) is 53.0 Å². The molecule has 20 heteroatoms. The molecule has 0 saturated carbocycles. The lowest BCUT2D eigenvalue weighted by Gasteiger charge is -2.44. The molecule has 2 amide bonds. The maximum absolute atomic E-state index is 14.5. The predicted octanol–water partition coefficient (Wildman–Crippen LogP) is 4.33. The van der Waals surface area contributed by atoms with Crippen LogP contribution in [0.1, 0.15) is 72.2 Å². The number of aliphatic carboxylic acids is 1. The van der Waals surface area contributed by atoms with Crippen LogP contribution in [0.25, 0.3) is 0 Å². The van der Waals surface area contributed by atoms with Crippen molar-refractivity contribution in [3.05, 3.63) is 98.8 Å². The number of carbonyl (C=O) groups excluding carboxylic acids is 2. The molecule has 2 aromatic carbocycles. The number of amides is 2. The minimum atomic E-state index is -2.77. The van der Waals surface area contributed by atoms with E-state index in [4.69, 9.17) is 23.1 Å². The Bertz CT molecular complexity index is 2200. The third-order valence-electron chi connectivity index (χ3n) is 12.8. The molecule has 1 fully saturated rings. The van der Waals surface area contributed by atoms with Gasteiger partial charge in [0.15, 0.2) is 22.9 Å². The van der Waals surface area contributed by atoms with Gasteiger partial charge in [0.1, 0.15) is 48.9 Å². The minimum absolute atomic E-state index is 0.00885. The number of benzene rings is 2. The lowest BCUT2D eigenvalue weighted by atomic mass is 9.99. The summed E-state index contributed by atoms with van der Waals surface area (Å²) in [7, 11) is -3.98. The maximum Gasteiger partial charge on any atom is 0.408 e. The monoisotopic (exact) mass is 957 g/mol. The topological polar surface area (TPSA) is 238 Å². The van der Waals surface area contributed by atoms with Crippen molar-refractivity contribution in [1.82, 2.24) is 25.1 Å². The summed E-state index contributed by atoms with van der Waals surface area (Å²) in [5.41, 5.74) is 0.138. The van der Waals surface area contributed by atoms with Crippen LogP contribution in [-0.4, -0.2) is 122 Å². The fourth-order valence-electron chi connectivity index (χ4n) is 6.75. The average molecular weight is 958 g/mol. The Labute approximate surface area is 389 Å². The van der Waals surface area contributed by atoms with E-state index in [1.165, 1.54) is 30.9 Å². The van der Waals surface area contributed by atoms with Gasteiger partial charge in [0, 0.05) is 18.8 Å². The highest BCUT2D eigenvalue weighted by Gasteiger charge is 2.57. The molecule has 366 valence electrons. The summed E-state index contributed by atoms with van der Waals surface area (Å²) in [5.74, 6) is -1.48. The van der Waals surface area contributed by atoms with Crippen molar-refractivity contribution in [1.29, 1.82) is 0 Å². The number of carboxylic acids is 1. The number of carboxylic acid groups (broad SMARTS) is 1. The number of alkyl carbamates (subject to hydrolysis) is 1. The van der Waals surface area contributed by atoms with Gasteiger partial charge in [-0.05, 0) is 79.4 Å². The molecule has 1 aliphatic rings. The molecular formula is C46H71N5O13Si2. The van der Waals surface area contributed by atoms with Crippen molar-refractivity contribution in [2.45, 2.75) is 153 Å². The van der Waals surface area contributed by atoms with Crippen LogP contribution in [0.4, 0.5) is 4.79 Å². The molecule has 1 saturated heterocycles. The number of rotatable bonds is 21. The third kappa shape index (κ3) is 13.7. The fourth-order valence-corrected chi connectivity index (χ4v) is 9.34. The van der Waals surface area contributed by atoms with E-state index < -0.39 is 94.7 Å². The zero-order valence-corrected chi connectivity index (χ0v) is 42.3. The molecule has 0 spiro atoms. The first-order valence-electron chi connectivity index (χ1n) is 22.2. The summed E-state index contributed by atoms with van der Waals surface area (Å²) in [4.78, 5) is 66.3. The van der Waals surface area contributed by atoms with Crippen molar-refractivity contribution in [2.24, 2.45) is 0 Å². The first kappa shape index (κ1) is 53.9. The lowest BCUT2D eigenvalue weighted by molar-refractivity contribution is -0.149. The lowest BCUT2D eigenvalue weighted by Crippen LogP contribution is -2.59. The fraction of sp³-hybridized carbons (Fsp3) is 0.587. The quantitative estimate of drug-likeness (QED) is 0.0644. The van der Waals surface area contributed by atoms with E-state index in [0.717, 1.165) is 10.1 Å². The van der Waals surface area contributed by atoms with Gasteiger partial charge in [-0.2, -0.15) is 0 Å². The standard InChI is InChI=1S/C46H71N5O13Si2/c1-29(52)34(49-43(58)61-28-31-17-14-13-15-18-31)40(55)48-25-16-24-47-35(42(56)57)36(54)37-38(63-65(9,10)45(2,3)4)39(64-66(11,12)46(5,6)7)41(62-37)50-26-23-33(53)51(44(50)59)27-30-19-21-32(60-8)22-20-30/h13-15,17-23,26,29,34-39,41,47,52,54H,16,24-25,27-28H2,1-12H3,(H,48,55)(H,49,58)(H,56,57)/t29-,34-,35-,36?,37+,38+,39+,41+/m0/s1. The van der Waals surface area contributed by atoms with Crippen LogP contribution in [0.5, 0.6) is 5.75 Å². The Morgan fingerprint density at radius 1 is 0.818 bits per heavy atom. The van der Waals surface area contributed by atoms with Crippen LogP contribution in [-0.2, 0) is 41.1 Å². The zero-order chi connectivity index (χ0) is 49.4. The second-order valence-corrected chi connectivity index (χ2v) is 29.3. The van der Waals surface area contributed by atoms with Crippen molar-refractivity contribution < 1.29 is 52.8 Å². The molecule has 3 aromatic rings. The van der Waals surface area contributed by atoms with Gasteiger partial charge in [0.25, 0.3) is 5.56 Å². The molecule has 18 nitrogen and oxygen atoms in total. The number of aromatic nitrogens is 2. The third-order valence-corrected chi connectivity index (χ3v) is 21.7. The molecule has 0 radical (unpaired) electrons. The predicted molar refractivity (Wildman–Crippen MR) is 253 cm³/mol. The molecule has 1 aliphatic heterocycles. The van der Waals surface area contributed by atoms with Gasteiger partial charge in [0.2, 0.25) is 5.91 Å². The van der Waals surface area contributed by atoms with Gasteiger partial charge >= 0.3 is 17.8 Å². The van der Waals surface area contributed by atoms with Gasteiger partial charge in [-0.1, -0.05) is 84.0 Å². The largest absolute Gasteiger partial charge is 0.497 e. The molecule has 66 heavy (non-hydrogen) atoms. The van der Waals surface area contributed by atoms with E-state index in [2.05, 4.69) is 36.7 Å². The SMILES string of the molecule is COc1ccc(Cn2c(=O)ccn([C@@H]3O[C@H](C(O)[C@H](NCCCNC(=O)[C@@H](NC(=O)OCc4ccccc4)[C@H](C)O)C(=O)O)[C@@H](O[Si](C)(C)C(C)(C)C)[C@H]3O[Si](C)(C)C(C)(C)C)c2=O)cc1. The number of aliphatic hydroxyl groups is 2. The smallest absolute Gasteiger partial charge is 0.408 e. The first-order chi connectivity index (χ1) is 30.7. The summed E-state index contributed by atoms with van der Waals surface area (Å²) in [5, 5.41) is 40.3. The Kier molecular flexibility index (Phi) is 18.3. The van der Waals surface area contributed by atoms with E-state index in [0.29, 0.717) is 11.3 Å². The van der Waals surface area contributed by atoms with E-state index in [-0.39, 0.29) is 42.7 Å². The molecule has 4 rings (SSSR count). The molecule has 1 unspecified atom stereocenters. The number of aliphatic hydroxyl groups excluding tert-OH is 2. The maximum atomic E-state index is 14.5. The highest BCUT2D eigenvalue weighted by Crippen LogP contribution is 2.46.